The first-order valence-corrected chi connectivity index (χ1v) is 21.7. The minimum atomic E-state index is 0.612. The molecule has 12 rings (SSSR count). The quantitative estimate of drug-likeness (QED) is 0.142. The lowest BCUT2D eigenvalue weighted by Crippen LogP contribution is -2.02. The second-order valence-corrected chi connectivity index (χ2v) is 16.1. The van der Waals surface area contributed by atoms with E-state index in [9.17, 15) is 0 Å². The molecule has 12 aromatic rings. The summed E-state index contributed by atoms with van der Waals surface area (Å²) in [6.45, 7) is 0. The molecule has 0 aliphatic rings. The number of benzene rings is 9. The van der Waals surface area contributed by atoms with E-state index in [1.165, 1.54) is 6.21 Å². The van der Waals surface area contributed by atoms with Gasteiger partial charge in [-0.1, -0.05) is 164 Å². The minimum Gasteiger partial charge on any atom is -0.353 e. The molecule has 0 radical (unpaired) electrons. The monoisotopic (exact) mass is 833 g/mol. The zero-order valence-corrected chi connectivity index (χ0v) is 35.1. The summed E-state index contributed by atoms with van der Waals surface area (Å²) in [6.07, 6.45) is 1.48. The molecule has 0 aliphatic heterocycles. The van der Waals surface area contributed by atoms with E-state index in [2.05, 4.69) is 166 Å². The van der Waals surface area contributed by atoms with Crippen LogP contribution in [0.1, 0.15) is 5.56 Å². The van der Waals surface area contributed by atoms with Crippen LogP contribution in [-0.2, 0) is 0 Å². The Morgan fingerprint density at radius 2 is 0.815 bits per heavy atom. The first-order valence-electron chi connectivity index (χ1n) is 21.7. The van der Waals surface area contributed by atoms with Gasteiger partial charge in [-0.05, 0) is 65.7 Å². The molecule has 2 N–H and O–H groups in total. The summed E-state index contributed by atoms with van der Waals surface area (Å²) in [4.78, 5) is 14.9. The van der Waals surface area contributed by atoms with Crippen molar-refractivity contribution in [1.29, 1.82) is 5.41 Å². The molecule has 0 saturated heterocycles. The van der Waals surface area contributed by atoms with Crippen molar-refractivity contribution in [2.45, 2.75) is 0 Å². The van der Waals surface area contributed by atoms with Crippen LogP contribution < -0.4 is 5.32 Å². The zero-order valence-electron chi connectivity index (χ0n) is 35.1. The second-order valence-electron chi connectivity index (χ2n) is 16.1. The highest BCUT2D eigenvalue weighted by atomic mass is 15.0. The molecule has 0 aliphatic carbocycles. The van der Waals surface area contributed by atoms with Crippen molar-refractivity contribution in [1.82, 2.24) is 24.1 Å². The van der Waals surface area contributed by atoms with Crippen molar-refractivity contribution in [3.8, 4) is 56.7 Å². The van der Waals surface area contributed by atoms with Crippen molar-refractivity contribution in [2.75, 3.05) is 5.32 Å². The van der Waals surface area contributed by atoms with Crippen molar-refractivity contribution in [3.05, 3.63) is 224 Å². The van der Waals surface area contributed by atoms with Gasteiger partial charge in [0.05, 0.1) is 27.8 Å². The molecule has 0 amide bonds. The molecule has 3 heterocycles. The number of hydrogen-bond acceptors (Lipinski definition) is 5. The maximum Gasteiger partial charge on any atom is 0.164 e. The summed E-state index contributed by atoms with van der Waals surface area (Å²) in [5.41, 5.74) is 13.8. The zero-order chi connectivity index (χ0) is 43.3. The van der Waals surface area contributed by atoms with Gasteiger partial charge in [-0.15, -0.1) is 0 Å². The summed E-state index contributed by atoms with van der Waals surface area (Å²) in [7, 11) is 0. The van der Waals surface area contributed by atoms with E-state index >= 15 is 0 Å². The molecule has 0 spiro atoms. The average molecular weight is 834 g/mol. The van der Waals surface area contributed by atoms with E-state index in [0.29, 0.717) is 17.5 Å². The van der Waals surface area contributed by atoms with Crippen LogP contribution in [0.25, 0.3) is 100 Å². The molecular weight excluding hydrogens is 795 g/mol. The summed E-state index contributed by atoms with van der Waals surface area (Å²) < 4.78 is 4.63. The third-order valence-corrected chi connectivity index (χ3v) is 12.3. The molecule has 65 heavy (non-hydrogen) atoms. The standard InChI is InChI=1S/C58H39N7/c59-37-49-50(34-33-48-46-28-11-12-31-52(46)64(54(48)49)43-24-8-3-9-25-43)60-51-30-16-29-47-45-27-10-13-32-53(45)65(55(47)51)44-26-15-22-41(36-44)40-21-14-23-42(35-40)58-62-56(38-17-4-1-5-18-38)61-57(63-58)39-19-6-2-7-20-39/h1-37,59-60H. The average Bonchev–Trinajstić information content (AvgIpc) is 3.91. The van der Waals surface area contributed by atoms with Crippen molar-refractivity contribution < 1.29 is 0 Å². The number of nitrogens with one attached hydrogen (secondary N) is 2. The largest absolute Gasteiger partial charge is 0.353 e. The van der Waals surface area contributed by atoms with Crippen LogP contribution >= 0.6 is 0 Å². The van der Waals surface area contributed by atoms with Gasteiger partial charge in [0.15, 0.2) is 17.5 Å². The van der Waals surface area contributed by atoms with Crippen LogP contribution in [0.5, 0.6) is 0 Å². The highest BCUT2D eigenvalue weighted by Crippen LogP contribution is 2.41. The van der Waals surface area contributed by atoms with E-state index in [4.69, 9.17) is 20.4 Å². The van der Waals surface area contributed by atoms with Gasteiger partial charge < -0.3 is 19.9 Å². The van der Waals surface area contributed by atoms with Crippen molar-refractivity contribution in [2.24, 2.45) is 0 Å². The molecule has 0 fully saturated rings. The molecule has 0 atom stereocenters. The van der Waals surface area contributed by atoms with Crippen LogP contribution in [0.3, 0.4) is 0 Å². The summed E-state index contributed by atoms with van der Waals surface area (Å²) >= 11 is 0. The van der Waals surface area contributed by atoms with Crippen LogP contribution in [0.2, 0.25) is 0 Å². The number of rotatable bonds is 9. The molecule has 9 aromatic carbocycles. The molecule has 0 bridgehead atoms. The van der Waals surface area contributed by atoms with E-state index in [-0.39, 0.29) is 0 Å². The molecule has 7 nitrogen and oxygen atoms in total. The summed E-state index contributed by atoms with van der Waals surface area (Å²) in [5, 5.41) is 17.3. The number of hydrogen-bond donors (Lipinski definition) is 2. The third kappa shape index (κ3) is 6.53. The van der Waals surface area contributed by atoms with Gasteiger partial charge in [-0.25, -0.2) is 15.0 Å². The number of aromatic nitrogens is 5. The molecule has 0 saturated carbocycles. The highest BCUT2D eigenvalue weighted by molar-refractivity contribution is 6.17. The highest BCUT2D eigenvalue weighted by Gasteiger charge is 2.21. The summed E-state index contributed by atoms with van der Waals surface area (Å²) in [5.74, 6) is 1.87. The van der Waals surface area contributed by atoms with Crippen LogP contribution in [0, 0.1) is 5.41 Å². The number of nitrogens with zero attached hydrogens (tertiary/aromatic N) is 5. The lowest BCUT2D eigenvalue weighted by atomic mass is 10.0. The SMILES string of the molecule is N=Cc1c(Nc2cccc3c4ccccc4n(-c4cccc(-c5cccc(-c6nc(-c7ccccc7)nc(-c7ccccc7)n6)c5)c4)c23)ccc2c3ccccc3n(-c3ccccc3)c12. The van der Waals surface area contributed by atoms with E-state index < -0.39 is 0 Å². The van der Waals surface area contributed by atoms with Gasteiger partial charge in [0.25, 0.3) is 0 Å². The smallest absolute Gasteiger partial charge is 0.164 e. The Labute approximate surface area is 375 Å². The topological polar surface area (TPSA) is 84.4 Å². The van der Waals surface area contributed by atoms with Crippen LogP contribution in [0.15, 0.2) is 218 Å². The maximum absolute atomic E-state index is 8.87. The first kappa shape index (κ1) is 37.8. The number of anilines is 2. The lowest BCUT2D eigenvalue weighted by Gasteiger charge is -2.17. The normalized spacial score (nSPS) is 11.4. The Kier molecular flexibility index (Phi) is 9.16. The molecular formula is C58H39N7. The van der Waals surface area contributed by atoms with Crippen molar-refractivity contribution in [3.63, 3.8) is 0 Å². The van der Waals surface area contributed by atoms with Crippen LogP contribution in [-0.4, -0.2) is 30.3 Å². The van der Waals surface area contributed by atoms with Gasteiger partial charge in [0, 0.05) is 67.1 Å². The van der Waals surface area contributed by atoms with Gasteiger partial charge in [0.2, 0.25) is 0 Å². The van der Waals surface area contributed by atoms with E-state index in [1.54, 1.807) is 0 Å². The fraction of sp³-hybridized carbons (Fsp3) is 0. The minimum absolute atomic E-state index is 0.612. The molecule has 306 valence electrons. The Morgan fingerprint density at radius 3 is 1.46 bits per heavy atom. The third-order valence-electron chi connectivity index (χ3n) is 12.3. The maximum atomic E-state index is 8.87. The number of fused-ring (bicyclic) bond motifs is 6. The van der Waals surface area contributed by atoms with Crippen LogP contribution in [0.4, 0.5) is 11.4 Å². The Morgan fingerprint density at radius 1 is 0.354 bits per heavy atom. The Hall–Kier alpha value is -8.94. The molecule has 3 aromatic heterocycles. The Bertz CT molecular complexity index is 3700. The first-order chi connectivity index (χ1) is 32.2. The number of para-hydroxylation sites is 4. The molecule has 7 heteroatoms. The second kappa shape index (κ2) is 15.8. The van der Waals surface area contributed by atoms with Gasteiger partial charge >= 0.3 is 0 Å². The predicted molar refractivity (Wildman–Crippen MR) is 268 cm³/mol. The van der Waals surface area contributed by atoms with Crippen molar-refractivity contribution >= 4 is 61.2 Å². The molecule has 0 unspecified atom stereocenters. The fourth-order valence-electron chi connectivity index (χ4n) is 9.32. The van der Waals surface area contributed by atoms with Gasteiger partial charge in [0.1, 0.15) is 0 Å². The predicted octanol–water partition coefficient (Wildman–Crippen LogP) is 14.5. The van der Waals surface area contributed by atoms with E-state index in [0.717, 1.165) is 99.7 Å². The van der Waals surface area contributed by atoms with Gasteiger partial charge in [-0.2, -0.15) is 0 Å². The van der Waals surface area contributed by atoms with E-state index in [1.807, 2.05) is 66.7 Å². The van der Waals surface area contributed by atoms with Gasteiger partial charge in [-0.3, -0.25) is 0 Å². The Balaban J connectivity index is 0.988. The summed E-state index contributed by atoms with van der Waals surface area (Å²) in [6, 6.07) is 75.5. The lowest BCUT2D eigenvalue weighted by molar-refractivity contribution is 1.07. The fourth-order valence-corrected chi connectivity index (χ4v) is 9.32.